The van der Waals surface area contributed by atoms with E-state index in [0.29, 0.717) is 25.6 Å². The molecule has 0 bridgehead atoms. The van der Waals surface area contributed by atoms with Crippen LogP contribution in [-0.4, -0.2) is 5.78 Å². The Morgan fingerprint density at radius 2 is 1.85 bits per heavy atom. The largest absolute Gasteiger partial charge is 0.292 e. The van der Waals surface area contributed by atoms with Crippen molar-refractivity contribution in [1.82, 2.24) is 0 Å². The fraction of sp³-hybridized carbons (Fsp3) is 0.0667. The highest BCUT2D eigenvalue weighted by Crippen LogP contribution is 2.29. The van der Waals surface area contributed by atoms with Gasteiger partial charge in [-0.15, -0.1) is 0 Å². The van der Waals surface area contributed by atoms with Crippen LogP contribution in [0.25, 0.3) is 0 Å². The number of hydrogen-bond donors (Lipinski definition) is 0. The Morgan fingerprint density at radius 1 is 1.15 bits per heavy atom. The van der Waals surface area contributed by atoms with Gasteiger partial charge in [-0.25, -0.2) is 0 Å². The zero-order chi connectivity index (χ0) is 14.7. The predicted octanol–water partition coefficient (Wildman–Crippen LogP) is 5.25. The van der Waals surface area contributed by atoms with E-state index in [1.165, 1.54) is 0 Å². The van der Waals surface area contributed by atoms with Crippen LogP contribution in [0.1, 0.15) is 21.8 Å². The van der Waals surface area contributed by atoms with Crippen molar-refractivity contribution in [3.05, 3.63) is 68.1 Å². The minimum atomic E-state index is -0.913. The number of rotatable bonds is 3. The summed E-state index contributed by atoms with van der Waals surface area (Å²) in [6.45, 7) is 0. The van der Waals surface area contributed by atoms with E-state index in [4.69, 9.17) is 23.2 Å². The van der Waals surface area contributed by atoms with Crippen LogP contribution in [0.3, 0.4) is 0 Å². The van der Waals surface area contributed by atoms with E-state index >= 15 is 0 Å². The highest BCUT2D eigenvalue weighted by molar-refractivity contribution is 9.10. The van der Waals surface area contributed by atoms with Gasteiger partial charge >= 0.3 is 0 Å². The normalized spacial score (nSPS) is 11.7. The first kappa shape index (κ1) is 15.1. The van der Waals surface area contributed by atoms with Crippen LogP contribution in [0.5, 0.6) is 0 Å². The molecule has 20 heavy (non-hydrogen) atoms. The summed E-state index contributed by atoms with van der Waals surface area (Å²) >= 11 is 15.1. The Labute approximate surface area is 135 Å². The molecule has 0 aliphatic rings. The number of ketones is 1. The second-order valence-corrected chi connectivity index (χ2v) is 5.75. The van der Waals surface area contributed by atoms with Crippen molar-refractivity contribution in [2.24, 2.45) is 0 Å². The molecular weight excluding hydrogens is 361 g/mol. The average Bonchev–Trinajstić information content (AvgIpc) is 2.44. The highest BCUT2D eigenvalue weighted by Gasteiger charge is 2.23. The summed E-state index contributed by atoms with van der Waals surface area (Å²) in [5.41, 5.74) is 0.993. The number of Topliss-reactive ketones (excluding diaryl/α,β-unsaturated/α-hetero) is 1. The first-order valence-electron chi connectivity index (χ1n) is 5.68. The Bertz CT molecular complexity index is 709. The third-order valence-electron chi connectivity index (χ3n) is 2.81. The molecule has 100 valence electrons. The van der Waals surface area contributed by atoms with Gasteiger partial charge in [-0.3, -0.25) is 4.79 Å². The summed E-state index contributed by atoms with van der Waals surface area (Å²) < 4.78 is 0.658. The summed E-state index contributed by atoms with van der Waals surface area (Å²) in [5.74, 6) is -1.19. The van der Waals surface area contributed by atoms with Crippen molar-refractivity contribution < 1.29 is 4.79 Å². The maximum absolute atomic E-state index is 12.5. The van der Waals surface area contributed by atoms with Crippen molar-refractivity contribution in [1.29, 1.82) is 5.26 Å². The van der Waals surface area contributed by atoms with Gasteiger partial charge in [0, 0.05) is 10.0 Å². The third kappa shape index (κ3) is 3.04. The van der Waals surface area contributed by atoms with E-state index < -0.39 is 5.92 Å². The SMILES string of the molecule is N#CC(C(=O)c1ccccc1Br)c1ccc(Cl)c(Cl)c1. The standard InChI is InChI=1S/C15H8BrCl2NO/c16-12-4-2-1-3-10(12)15(20)11(8-19)9-5-6-13(17)14(18)7-9/h1-7,11H. The molecule has 0 spiro atoms. The minimum absolute atomic E-state index is 0.279. The lowest BCUT2D eigenvalue weighted by Gasteiger charge is -2.10. The average molecular weight is 369 g/mol. The smallest absolute Gasteiger partial charge is 0.185 e. The number of halogens is 3. The van der Waals surface area contributed by atoms with Gasteiger partial charge in [-0.05, 0) is 23.8 Å². The lowest BCUT2D eigenvalue weighted by molar-refractivity contribution is 0.0978. The van der Waals surface area contributed by atoms with Crippen LogP contribution in [0, 0.1) is 11.3 Å². The lowest BCUT2D eigenvalue weighted by atomic mass is 9.92. The quantitative estimate of drug-likeness (QED) is 0.694. The van der Waals surface area contributed by atoms with Gasteiger partial charge in [0.05, 0.1) is 16.1 Å². The fourth-order valence-corrected chi connectivity index (χ4v) is 2.58. The molecular formula is C15H8BrCl2NO. The number of carbonyl (C=O) groups excluding carboxylic acids is 1. The molecule has 1 atom stereocenters. The van der Waals surface area contributed by atoms with E-state index in [9.17, 15) is 10.1 Å². The van der Waals surface area contributed by atoms with Crippen LogP contribution in [0.2, 0.25) is 10.0 Å². The molecule has 2 nitrogen and oxygen atoms in total. The predicted molar refractivity (Wildman–Crippen MR) is 83.3 cm³/mol. The van der Waals surface area contributed by atoms with Crippen LogP contribution in [-0.2, 0) is 0 Å². The summed E-state index contributed by atoms with van der Waals surface area (Å²) in [7, 11) is 0. The molecule has 0 radical (unpaired) electrons. The molecule has 0 aromatic heterocycles. The van der Waals surface area contributed by atoms with E-state index in [1.807, 2.05) is 6.07 Å². The minimum Gasteiger partial charge on any atom is -0.292 e. The lowest BCUT2D eigenvalue weighted by Crippen LogP contribution is -2.12. The van der Waals surface area contributed by atoms with Crippen LogP contribution in [0.15, 0.2) is 46.9 Å². The molecule has 0 heterocycles. The number of nitriles is 1. The second kappa shape index (κ2) is 6.41. The third-order valence-corrected chi connectivity index (χ3v) is 4.24. The highest BCUT2D eigenvalue weighted by atomic mass is 79.9. The Balaban J connectivity index is 2.43. The Kier molecular flexibility index (Phi) is 4.82. The van der Waals surface area contributed by atoms with E-state index in [1.54, 1.807) is 42.5 Å². The van der Waals surface area contributed by atoms with Gasteiger partial charge in [-0.1, -0.05) is 63.4 Å². The summed E-state index contributed by atoms with van der Waals surface area (Å²) in [4.78, 5) is 12.5. The Hall–Kier alpha value is -1.34. The molecule has 1 unspecified atom stereocenters. The molecule has 0 amide bonds. The molecule has 0 aliphatic carbocycles. The molecule has 5 heteroatoms. The summed E-state index contributed by atoms with van der Waals surface area (Å²) in [6, 6.07) is 13.8. The van der Waals surface area contributed by atoms with Gasteiger partial charge in [0.25, 0.3) is 0 Å². The number of hydrogen-bond acceptors (Lipinski definition) is 2. The molecule has 0 N–H and O–H groups in total. The molecule has 0 fully saturated rings. The maximum Gasteiger partial charge on any atom is 0.185 e. The fourth-order valence-electron chi connectivity index (χ4n) is 1.79. The van der Waals surface area contributed by atoms with Crippen molar-refractivity contribution in [2.45, 2.75) is 5.92 Å². The first-order chi connectivity index (χ1) is 9.54. The topological polar surface area (TPSA) is 40.9 Å². The number of carbonyl (C=O) groups is 1. The van der Waals surface area contributed by atoms with Crippen molar-refractivity contribution >= 4 is 44.9 Å². The van der Waals surface area contributed by atoms with Gasteiger partial charge in [0.2, 0.25) is 0 Å². The van der Waals surface area contributed by atoms with Gasteiger partial charge in [-0.2, -0.15) is 5.26 Å². The van der Waals surface area contributed by atoms with Gasteiger partial charge < -0.3 is 0 Å². The zero-order valence-electron chi connectivity index (χ0n) is 10.1. The molecule has 0 aliphatic heterocycles. The van der Waals surface area contributed by atoms with Crippen molar-refractivity contribution in [3.8, 4) is 6.07 Å². The second-order valence-electron chi connectivity index (χ2n) is 4.08. The summed E-state index contributed by atoms with van der Waals surface area (Å²) in [5, 5.41) is 10.0. The molecule has 0 saturated heterocycles. The van der Waals surface area contributed by atoms with Gasteiger partial charge in [0.1, 0.15) is 5.92 Å². The summed E-state index contributed by atoms with van der Waals surface area (Å²) in [6.07, 6.45) is 0. The van der Waals surface area contributed by atoms with Crippen molar-refractivity contribution in [2.75, 3.05) is 0 Å². The van der Waals surface area contributed by atoms with Gasteiger partial charge in [0.15, 0.2) is 5.78 Å². The Morgan fingerprint density at radius 3 is 2.45 bits per heavy atom. The monoisotopic (exact) mass is 367 g/mol. The number of benzene rings is 2. The molecule has 2 aromatic rings. The van der Waals surface area contributed by atoms with E-state index in [-0.39, 0.29) is 5.78 Å². The van der Waals surface area contributed by atoms with E-state index in [0.717, 1.165) is 0 Å². The van der Waals surface area contributed by atoms with Crippen LogP contribution in [0.4, 0.5) is 0 Å². The molecule has 2 aromatic carbocycles. The first-order valence-corrected chi connectivity index (χ1v) is 7.23. The maximum atomic E-state index is 12.5. The number of nitrogens with zero attached hydrogens (tertiary/aromatic N) is 1. The van der Waals surface area contributed by atoms with Crippen LogP contribution >= 0.6 is 39.1 Å². The molecule has 0 saturated carbocycles. The molecule has 2 rings (SSSR count). The zero-order valence-corrected chi connectivity index (χ0v) is 13.2. The van der Waals surface area contributed by atoms with E-state index in [2.05, 4.69) is 15.9 Å². The van der Waals surface area contributed by atoms with Crippen LogP contribution < -0.4 is 0 Å². The van der Waals surface area contributed by atoms with Crippen molar-refractivity contribution in [3.63, 3.8) is 0 Å².